The highest BCUT2D eigenvalue weighted by Gasteiger charge is 2.48. The maximum absolute atomic E-state index is 13.0. The first kappa shape index (κ1) is 22.5. The molecule has 0 radical (unpaired) electrons. The lowest BCUT2D eigenvalue weighted by Gasteiger charge is -2.22. The van der Waals surface area contributed by atoms with E-state index in [4.69, 9.17) is 0 Å². The fourth-order valence-corrected chi connectivity index (χ4v) is 4.96. The highest BCUT2D eigenvalue weighted by molar-refractivity contribution is 6.22. The zero-order chi connectivity index (χ0) is 24.4. The predicted molar refractivity (Wildman–Crippen MR) is 134 cm³/mol. The van der Waals surface area contributed by atoms with Crippen LogP contribution in [0.25, 0.3) is 0 Å². The summed E-state index contributed by atoms with van der Waals surface area (Å²) in [4.78, 5) is 38.6. The molecule has 3 atom stereocenters. The predicted octanol–water partition coefficient (Wildman–Crippen LogP) is 5.45. The zero-order valence-electron chi connectivity index (χ0n) is 19.0. The molecule has 0 saturated carbocycles. The summed E-state index contributed by atoms with van der Waals surface area (Å²) in [5.74, 6) is -1.36. The molecule has 1 aliphatic carbocycles. The van der Waals surface area contributed by atoms with Gasteiger partial charge in [-0.15, -0.1) is 0 Å². The van der Waals surface area contributed by atoms with Crippen LogP contribution in [0.15, 0.2) is 91.0 Å². The van der Waals surface area contributed by atoms with E-state index >= 15 is 0 Å². The third-order valence-electron chi connectivity index (χ3n) is 6.76. The number of carbonyl (C=O) groups is 2. The van der Waals surface area contributed by atoms with Gasteiger partial charge in [-0.3, -0.25) is 19.7 Å². The van der Waals surface area contributed by atoms with Gasteiger partial charge in [-0.1, -0.05) is 72.8 Å². The van der Waals surface area contributed by atoms with Crippen molar-refractivity contribution in [1.29, 1.82) is 0 Å². The number of nitrogens with zero attached hydrogens (tertiary/aromatic N) is 2. The number of nitro groups is 1. The van der Waals surface area contributed by atoms with Crippen molar-refractivity contribution in [3.63, 3.8) is 0 Å². The monoisotopic (exact) mass is 467 g/mol. The number of hydrogen-bond donors (Lipinski definition) is 1. The van der Waals surface area contributed by atoms with E-state index in [1.807, 2.05) is 72.8 Å². The van der Waals surface area contributed by atoms with Crippen LogP contribution in [0.5, 0.6) is 0 Å². The van der Waals surface area contributed by atoms with Crippen LogP contribution in [0.2, 0.25) is 0 Å². The minimum atomic E-state index is -0.476. The van der Waals surface area contributed by atoms with Gasteiger partial charge in [-0.2, -0.15) is 0 Å². The van der Waals surface area contributed by atoms with Crippen LogP contribution in [0.1, 0.15) is 30.0 Å². The Morgan fingerprint density at radius 2 is 1.49 bits per heavy atom. The lowest BCUT2D eigenvalue weighted by Crippen LogP contribution is -2.31. The molecule has 0 spiro atoms. The van der Waals surface area contributed by atoms with Gasteiger partial charge in [0, 0.05) is 6.07 Å². The number of carbonyl (C=O) groups excluding carboxylic acids is 2. The number of allylic oxidation sites excluding steroid dienone is 2. The molecule has 1 saturated heterocycles. The largest absolute Gasteiger partial charge is 0.372 e. The van der Waals surface area contributed by atoms with Crippen molar-refractivity contribution in [2.45, 2.75) is 25.3 Å². The highest BCUT2D eigenvalue weighted by atomic mass is 16.6. The van der Waals surface area contributed by atoms with Crippen LogP contribution in [0.3, 0.4) is 0 Å². The molecule has 35 heavy (non-hydrogen) atoms. The number of benzene rings is 3. The molecule has 2 amide bonds. The summed E-state index contributed by atoms with van der Waals surface area (Å²) in [5, 5.41) is 15.4. The number of rotatable bonds is 7. The minimum Gasteiger partial charge on any atom is -0.372 e. The lowest BCUT2D eigenvalue weighted by atomic mass is 9.85. The number of hydrogen-bond acceptors (Lipinski definition) is 5. The van der Waals surface area contributed by atoms with Crippen molar-refractivity contribution in [2.24, 2.45) is 11.8 Å². The average molecular weight is 468 g/mol. The smallest absolute Gasteiger partial charge is 0.294 e. The zero-order valence-corrected chi connectivity index (χ0v) is 19.0. The van der Waals surface area contributed by atoms with Crippen LogP contribution in [0, 0.1) is 22.0 Å². The fourth-order valence-electron chi connectivity index (χ4n) is 4.96. The summed E-state index contributed by atoms with van der Waals surface area (Å²) < 4.78 is 0. The van der Waals surface area contributed by atoms with Crippen LogP contribution in [0.4, 0.5) is 17.1 Å². The number of nitrogens with one attached hydrogen (secondary N) is 1. The third kappa shape index (κ3) is 4.45. The van der Waals surface area contributed by atoms with E-state index in [1.165, 1.54) is 6.07 Å². The molecule has 3 aromatic carbocycles. The van der Waals surface area contributed by atoms with Crippen molar-refractivity contribution in [3.05, 3.63) is 112 Å². The van der Waals surface area contributed by atoms with Crippen LogP contribution in [-0.2, 0) is 16.0 Å². The summed E-state index contributed by atoms with van der Waals surface area (Å²) in [6.07, 6.45) is 5.50. The molecule has 0 bridgehead atoms. The summed E-state index contributed by atoms with van der Waals surface area (Å²) in [7, 11) is 0. The number of amides is 2. The SMILES string of the molecule is O=C1[C@@H]2CC=CC[C@H]2C(=O)N1c1ccc(N[C@H](Cc2ccccc2)c2ccccc2)c([N+](=O)[O-])c1. The third-order valence-corrected chi connectivity index (χ3v) is 6.76. The van der Waals surface area contributed by atoms with E-state index in [0.29, 0.717) is 24.9 Å². The van der Waals surface area contributed by atoms with Crippen molar-refractivity contribution < 1.29 is 14.5 Å². The van der Waals surface area contributed by atoms with E-state index < -0.39 is 16.8 Å². The molecule has 3 aromatic rings. The number of fused-ring (bicyclic) bond motifs is 1. The van der Waals surface area contributed by atoms with Gasteiger partial charge < -0.3 is 5.32 Å². The Bertz CT molecular complexity index is 1260. The number of nitro benzene ring substituents is 1. The second-order valence-corrected chi connectivity index (χ2v) is 8.92. The molecule has 7 nitrogen and oxygen atoms in total. The van der Waals surface area contributed by atoms with Crippen molar-refractivity contribution in [3.8, 4) is 0 Å². The minimum absolute atomic E-state index is 0.176. The van der Waals surface area contributed by atoms with Gasteiger partial charge in [0.15, 0.2) is 0 Å². The van der Waals surface area contributed by atoms with Crippen molar-refractivity contribution in [2.75, 3.05) is 10.2 Å². The first-order valence-electron chi connectivity index (χ1n) is 11.7. The van der Waals surface area contributed by atoms with Gasteiger partial charge in [-0.25, -0.2) is 4.90 Å². The molecule has 176 valence electrons. The Kier molecular flexibility index (Phi) is 6.14. The van der Waals surface area contributed by atoms with Gasteiger partial charge in [0.05, 0.1) is 28.5 Å². The molecule has 1 aliphatic heterocycles. The highest BCUT2D eigenvalue weighted by Crippen LogP contribution is 2.40. The summed E-state index contributed by atoms with van der Waals surface area (Å²) in [6.45, 7) is 0. The van der Waals surface area contributed by atoms with E-state index in [1.54, 1.807) is 12.1 Å². The first-order valence-corrected chi connectivity index (χ1v) is 11.7. The van der Waals surface area contributed by atoms with E-state index in [2.05, 4.69) is 5.32 Å². The number of imide groups is 1. The van der Waals surface area contributed by atoms with Gasteiger partial charge >= 0.3 is 0 Å². The van der Waals surface area contributed by atoms with Crippen LogP contribution < -0.4 is 10.2 Å². The molecule has 1 heterocycles. The van der Waals surface area contributed by atoms with Crippen LogP contribution in [-0.4, -0.2) is 16.7 Å². The second-order valence-electron chi connectivity index (χ2n) is 8.92. The maximum Gasteiger partial charge on any atom is 0.294 e. The Hall–Kier alpha value is -4.26. The molecule has 7 heteroatoms. The fraction of sp³-hybridized carbons (Fsp3) is 0.214. The first-order chi connectivity index (χ1) is 17.0. The molecule has 0 unspecified atom stereocenters. The lowest BCUT2D eigenvalue weighted by molar-refractivity contribution is -0.383. The second kappa shape index (κ2) is 9.54. The molecule has 2 aliphatic rings. The molecule has 1 fully saturated rings. The quantitative estimate of drug-likeness (QED) is 0.216. The Labute approximate surface area is 203 Å². The number of anilines is 2. The van der Waals surface area contributed by atoms with Gasteiger partial charge in [-0.05, 0) is 42.5 Å². The van der Waals surface area contributed by atoms with Crippen molar-refractivity contribution in [1.82, 2.24) is 0 Å². The summed E-state index contributed by atoms with van der Waals surface area (Å²) >= 11 is 0. The van der Waals surface area contributed by atoms with E-state index in [0.717, 1.165) is 16.0 Å². The molecule has 0 aromatic heterocycles. The normalized spacial score (nSPS) is 19.9. The molecular formula is C28H25N3O4. The van der Waals surface area contributed by atoms with Crippen molar-refractivity contribution >= 4 is 28.9 Å². The molecule has 5 rings (SSSR count). The van der Waals surface area contributed by atoms with E-state index in [9.17, 15) is 19.7 Å². The summed E-state index contributed by atoms with van der Waals surface area (Å²) in [5.41, 5.74) is 2.49. The molecular weight excluding hydrogens is 442 g/mol. The van der Waals surface area contributed by atoms with Gasteiger partial charge in [0.2, 0.25) is 11.8 Å². The van der Waals surface area contributed by atoms with E-state index in [-0.39, 0.29) is 29.2 Å². The topological polar surface area (TPSA) is 92.6 Å². The molecule has 1 N–H and O–H groups in total. The Morgan fingerprint density at radius 3 is 2.09 bits per heavy atom. The Morgan fingerprint density at radius 1 is 0.886 bits per heavy atom. The van der Waals surface area contributed by atoms with Gasteiger partial charge in [0.1, 0.15) is 5.69 Å². The van der Waals surface area contributed by atoms with Gasteiger partial charge in [0.25, 0.3) is 5.69 Å². The maximum atomic E-state index is 13.0. The average Bonchev–Trinajstić information content (AvgIpc) is 3.15. The summed E-state index contributed by atoms with van der Waals surface area (Å²) in [6, 6.07) is 24.0. The van der Waals surface area contributed by atoms with Crippen LogP contribution >= 0.6 is 0 Å². The standard InChI is InChI=1S/C28H25N3O4/c32-27-22-13-7-8-14-23(22)28(33)30(27)21-15-16-24(26(18-21)31(34)35)29-25(20-11-5-2-6-12-20)17-19-9-3-1-4-10-19/h1-12,15-16,18,22-23,25,29H,13-14,17H2/t22-,23-,25-/m1/s1. The Balaban J connectivity index is 1.47.